The minimum Gasteiger partial charge on any atom is -0.462 e. The second-order valence-corrected chi connectivity index (χ2v) is 24.1. The average Bonchev–Trinajstić information content (AvgIpc) is 3.46. The van der Waals surface area contributed by atoms with Crippen LogP contribution < -0.4 is 0 Å². The summed E-state index contributed by atoms with van der Waals surface area (Å²) in [5, 5.41) is 0. The van der Waals surface area contributed by atoms with E-state index in [2.05, 4.69) is 69.4 Å². The van der Waals surface area contributed by atoms with Crippen molar-refractivity contribution in [2.45, 2.75) is 393 Å². The molecule has 80 heavy (non-hydrogen) atoms. The van der Waals surface area contributed by atoms with Crippen molar-refractivity contribution in [1.82, 2.24) is 0 Å². The van der Waals surface area contributed by atoms with E-state index in [0.29, 0.717) is 19.3 Å². The van der Waals surface area contributed by atoms with Crippen LogP contribution in [0.3, 0.4) is 0 Å². The van der Waals surface area contributed by atoms with Gasteiger partial charge in [0.15, 0.2) is 6.10 Å². The van der Waals surface area contributed by atoms with Crippen LogP contribution in [0.5, 0.6) is 0 Å². The molecule has 0 aliphatic heterocycles. The Balaban J connectivity index is 4.01. The highest BCUT2D eigenvalue weighted by Gasteiger charge is 2.19. The van der Waals surface area contributed by atoms with Crippen molar-refractivity contribution < 1.29 is 28.6 Å². The summed E-state index contributed by atoms with van der Waals surface area (Å²) in [6.07, 6.45) is 87.5. The van der Waals surface area contributed by atoms with Crippen LogP contribution in [0.4, 0.5) is 0 Å². The summed E-state index contributed by atoms with van der Waals surface area (Å²) >= 11 is 0. The zero-order valence-corrected chi connectivity index (χ0v) is 53.9. The third-order valence-corrected chi connectivity index (χ3v) is 16.1. The van der Waals surface area contributed by atoms with Gasteiger partial charge in [0.05, 0.1) is 0 Å². The summed E-state index contributed by atoms with van der Waals surface area (Å²) in [7, 11) is 0. The Morgan fingerprint density at radius 2 is 0.487 bits per heavy atom. The van der Waals surface area contributed by atoms with Crippen LogP contribution in [-0.4, -0.2) is 37.2 Å². The summed E-state index contributed by atoms with van der Waals surface area (Å²) in [6.45, 7) is 6.56. The van der Waals surface area contributed by atoms with Crippen LogP contribution in [0.25, 0.3) is 0 Å². The van der Waals surface area contributed by atoms with Gasteiger partial charge in [0, 0.05) is 19.3 Å². The largest absolute Gasteiger partial charge is 0.462 e. The van der Waals surface area contributed by atoms with E-state index in [9.17, 15) is 14.4 Å². The molecule has 0 amide bonds. The Bertz CT molecular complexity index is 1380. The second kappa shape index (κ2) is 68.9. The Morgan fingerprint density at radius 1 is 0.263 bits per heavy atom. The zero-order chi connectivity index (χ0) is 57.8. The van der Waals surface area contributed by atoms with E-state index in [1.165, 1.54) is 263 Å². The van der Waals surface area contributed by atoms with E-state index in [4.69, 9.17) is 14.2 Å². The van der Waals surface area contributed by atoms with Gasteiger partial charge in [-0.25, -0.2) is 0 Å². The number of unbranched alkanes of at least 4 members (excludes halogenated alkanes) is 47. The van der Waals surface area contributed by atoms with E-state index in [-0.39, 0.29) is 31.1 Å². The first kappa shape index (κ1) is 77.4. The molecule has 0 fully saturated rings. The summed E-state index contributed by atoms with van der Waals surface area (Å²) in [4.78, 5) is 38.2. The lowest BCUT2D eigenvalue weighted by Gasteiger charge is -2.18. The van der Waals surface area contributed by atoms with Crippen LogP contribution in [-0.2, 0) is 28.6 Å². The number of hydrogen-bond acceptors (Lipinski definition) is 6. The van der Waals surface area contributed by atoms with Gasteiger partial charge in [-0.2, -0.15) is 0 Å². The molecule has 0 heterocycles. The SMILES string of the molecule is CC/C=C\C/C=C\C/C=C\C/C=C\CCCCCCCCCCCCCCCCCCC(=O)OCC(COC(=O)CCCCCCCCC)OC(=O)CCCCCCCCCCCCCCCCCCCCCCCCCCCC. The van der Waals surface area contributed by atoms with Gasteiger partial charge in [-0.15, -0.1) is 0 Å². The topological polar surface area (TPSA) is 78.9 Å². The van der Waals surface area contributed by atoms with Crippen LogP contribution >= 0.6 is 0 Å². The van der Waals surface area contributed by atoms with Crippen LogP contribution in [0.1, 0.15) is 387 Å². The minimum absolute atomic E-state index is 0.0669. The number of esters is 3. The van der Waals surface area contributed by atoms with Crippen molar-refractivity contribution >= 4 is 17.9 Å². The number of allylic oxidation sites excluding steroid dienone is 8. The lowest BCUT2D eigenvalue weighted by Crippen LogP contribution is -2.30. The first-order chi connectivity index (χ1) is 39.5. The molecule has 1 unspecified atom stereocenters. The van der Waals surface area contributed by atoms with Crippen molar-refractivity contribution in [3.8, 4) is 0 Å². The number of hydrogen-bond donors (Lipinski definition) is 0. The molecule has 0 saturated heterocycles. The van der Waals surface area contributed by atoms with Crippen molar-refractivity contribution in [2.75, 3.05) is 13.2 Å². The fourth-order valence-corrected chi connectivity index (χ4v) is 10.8. The molecule has 0 bridgehead atoms. The summed E-state index contributed by atoms with van der Waals surface area (Å²) in [5.41, 5.74) is 0. The van der Waals surface area contributed by atoms with Gasteiger partial charge in [0.2, 0.25) is 0 Å². The highest BCUT2D eigenvalue weighted by atomic mass is 16.6. The van der Waals surface area contributed by atoms with Crippen molar-refractivity contribution in [3.63, 3.8) is 0 Å². The monoisotopic (exact) mass is 1120 g/mol. The number of ether oxygens (including phenoxy) is 3. The molecule has 1 atom stereocenters. The van der Waals surface area contributed by atoms with E-state index < -0.39 is 6.10 Å². The van der Waals surface area contributed by atoms with Gasteiger partial charge in [0.1, 0.15) is 13.2 Å². The molecule has 6 nitrogen and oxygen atoms in total. The molecule has 0 N–H and O–H groups in total. The third-order valence-electron chi connectivity index (χ3n) is 16.1. The van der Waals surface area contributed by atoms with Crippen molar-refractivity contribution in [2.24, 2.45) is 0 Å². The maximum atomic E-state index is 12.9. The maximum Gasteiger partial charge on any atom is 0.306 e. The normalized spacial score (nSPS) is 12.3. The molecule has 0 aromatic carbocycles. The van der Waals surface area contributed by atoms with E-state index >= 15 is 0 Å². The summed E-state index contributed by atoms with van der Waals surface area (Å²) in [5.74, 6) is -0.847. The number of carbonyl (C=O) groups excluding carboxylic acids is 3. The van der Waals surface area contributed by atoms with E-state index in [1.54, 1.807) is 0 Å². The van der Waals surface area contributed by atoms with Gasteiger partial charge in [-0.05, 0) is 57.8 Å². The van der Waals surface area contributed by atoms with Gasteiger partial charge in [-0.1, -0.05) is 358 Å². The Morgan fingerprint density at radius 3 is 0.762 bits per heavy atom. The minimum atomic E-state index is -0.767. The van der Waals surface area contributed by atoms with E-state index in [1.807, 2.05) is 0 Å². The smallest absolute Gasteiger partial charge is 0.306 e. The van der Waals surface area contributed by atoms with Gasteiger partial charge in [-0.3, -0.25) is 14.4 Å². The zero-order valence-electron chi connectivity index (χ0n) is 53.9. The van der Waals surface area contributed by atoms with Crippen molar-refractivity contribution in [1.29, 1.82) is 0 Å². The molecule has 0 saturated carbocycles. The molecule has 0 aromatic heterocycles. The van der Waals surface area contributed by atoms with Gasteiger partial charge >= 0.3 is 17.9 Å². The number of rotatable bonds is 66. The lowest BCUT2D eigenvalue weighted by atomic mass is 10.0. The fraction of sp³-hybridized carbons (Fsp3) is 0.851. The number of carbonyl (C=O) groups is 3. The molecule has 0 radical (unpaired) electrons. The van der Waals surface area contributed by atoms with Crippen molar-refractivity contribution in [3.05, 3.63) is 48.6 Å². The summed E-state index contributed by atoms with van der Waals surface area (Å²) in [6, 6.07) is 0. The molecule has 0 aliphatic carbocycles. The molecule has 468 valence electrons. The molecule has 0 rings (SSSR count). The molecular formula is C74H136O6. The summed E-state index contributed by atoms with van der Waals surface area (Å²) < 4.78 is 16.9. The van der Waals surface area contributed by atoms with Crippen LogP contribution in [0.15, 0.2) is 48.6 Å². The third kappa shape index (κ3) is 66.2. The predicted molar refractivity (Wildman–Crippen MR) is 349 cm³/mol. The van der Waals surface area contributed by atoms with Gasteiger partial charge in [0.25, 0.3) is 0 Å². The molecule has 0 spiro atoms. The second-order valence-electron chi connectivity index (χ2n) is 24.1. The lowest BCUT2D eigenvalue weighted by molar-refractivity contribution is -0.167. The quantitative estimate of drug-likeness (QED) is 0.0261. The van der Waals surface area contributed by atoms with Gasteiger partial charge < -0.3 is 14.2 Å². The Labute approximate surface area is 498 Å². The Kier molecular flexibility index (Phi) is 66.6. The standard InChI is InChI=1S/C74H136O6/c1-4-7-10-13-16-18-20-22-24-26-28-30-32-34-36-37-38-40-41-43-45-47-49-51-53-55-58-61-64-67-73(76)79-70-71(69-78-72(75)66-63-60-57-15-12-9-6-3)80-74(77)68-65-62-59-56-54-52-50-48-46-44-42-39-35-33-31-29-27-25-23-21-19-17-14-11-8-5-2/h7,10,16,18,22,24,28,30,71H,4-6,8-9,11-15,17,19-21,23,25-27,29,31-70H2,1-3H3/b10-7-,18-16-,24-22-,30-28-. The molecular weight excluding hydrogens is 985 g/mol. The first-order valence-electron chi connectivity index (χ1n) is 35.6. The molecule has 6 heteroatoms. The average molecular weight is 1120 g/mol. The fourth-order valence-electron chi connectivity index (χ4n) is 10.8. The van der Waals surface area contributed by atoms with Crippen LogP contribution in [0.2, 0.25) is 0 Å². The highest BCUT2D eigenvalue weighted by Crippen LogP contribution is 2.19. The molecule has 0 aromatic rings. The highest BCUT2D eigenvalue weighted by molar-refractivity contribution is 5.71. The first-order valence-corrected chi connectivity index (χ1v) is 35.6. The Hall–Kier alpha value is -2.63. The van der Waals surface area contributed by atoms with E-state index in [0.717, 1.165) is 83.5 Å². The molecule has 0 aliphatic rings. The van der Waals surface area contributed by atoms with Crippen LogP contribution in [0, 0.1) is 0 Å². The maximum absolute atomic E-state index is 12.9. The predicted octanol–water partition coefficient (Wildman–Crippen LogP) is 24.5.